The molecule has 1 saturated heterocycles. The van der Waals surface area contributed by atoms with Crippen molar-refractivity contribution in [1.29, 1.82) is 5.26 Å². The summed E-state index contributed by atoms with van der Waals surface area (Å²) in [5.74, 6) is 0.442. The van der Waals surface area contributed by atoms with Crippen molar-refractivity contribution < 1.29 is 9.90 Å². The molecular formula is C19H27N3O2. The summed E-state index contributed by atoms with van der Waals surface area (Å²) in [5, 5.41) is 17.9. The Morgan fingerprint density at radius 3 is 2.54 bits per heavy atom. The van der Waals surface area contributed by atoms with Crippen molar-refractivity contribution in [2.45, 2.75) is 32.7 Å². The molecule has 24 heavy (non-hydrogen) atoms. The van der Waals surface area contributed by atoms with Crippen LogP contribution in [0.25, 0.3) is 0 Å². The van der Waals surface area contributed by atoms with Gasteiger partial charge in [0.05, 0.1) is 12.5 Å². The Hall–Kier alpha value is -1.90. The Kier molecular flexibility index (Phi) is 7.23. The lowest BCUT2D eigenvalue weighted by molar-refractivity contribution is 0.0768. The smallest absolute Gasteiger partial charge is 0.253 e. The van der Waals surface area contributed by atoms with Crippen LogP contribution in [0.4, 0.5) is 0 Å². The summed E-state index contributed by atoms with van der Waals surface area (Å²) >= 11 is 0. The number of piperidine rings is 1. The lowest BCUT2D eigenvalue weighted by Crippen LogP contribution is -2.34. The van der Waals surface area contributed by atoms with Gasteiger partial charge < -0.3 is 10.0 Å². The van der Waals surface area contributed by atoms with Gasteiger partial charge in [0.2, 0.25) is 0 Å². The molecule has 1 fully saturated rings. The van der Waals surface area contributed by atoms with E-state index < -0.39 is 0 Å². The van der Waals surface area contributed by atoms with E-state index >= 15 is 0 Å². The van der Waals surface area contributed by atoms with E-state index in [9.17, 15) is 9.90 Å². The molecule has 0 radical (unpaired) electrons. The Balaban J connectivity index is 1.90. The second-order valence-corrected chi connectivity index (χ2v) is 6.39. The molecule has 2 rings (SSSR count). The van der Waals surface area contributed by atoms with E-state index in [1.807, 2.05) is 31.2 Å². The van der Waals surface area contributed by atoms with E-state index in [1.54, 1.807) is 4.90 Å². The minimum Gasteiger partial charge on any atom is -0.396 e. The van der Waals surface area contributed by atoms with Gasteiger partial charge in [-0.05, 0) is 56.5 Å². The number of hydrogen-bond acceptors (Lipinski definition) is 4. The Morgan fingerprint density at radius 1 is 1.33 bits per heavy atom. The number of nitriles is 1. The number of aliphatic hydroxyl groups is 1. The number of aliphatic hydroxyl groups excluding tert-OH is 1. The molecule has 5 heteroatoms. The third kappa shape index (κ3) is 5.05. The number of nitrogens with zero attached hydrogens (tertiary/aromatic N) is 3. The Labute approximate surface area is 144 Å². The zero-order valence-corrected chi connectivity index (χ0v) is 14.4. The molecule has 1 heterocycles. The van der Waals surface area contributed by atoms with Crippen LogP contribution in [0.15, 0.2) is 24.3 Å². The lowest BCUT2D eigenvalue weighted by Gasteiger charge is -2.31. The highest BCUT2D eigenvalue weighted by Gasteiger charge is 2.19. The molecule has 5 nitrogen and oxygen atoms in total. The molecule has 1 aromatic rings. The van der Waals surface area contributed by atoms with Crippen molar-refractivity contribution in [2.75, 3.05) is 32.8 Å². The first-order chi connectivity index (χ1) is 11.7. The second kappa shape index (κ2) is 9.41. The van der Waals surface area contributed by atoms with Crippen LogP contribution in [0.2, 0.25) is 0 Å². The summed E-state index contributed by atoms with van der Waals surface area (Å²) in [5.41, 5.74) is 1.88. The van der Waals surface area contributed by atoms with E-state index in [-0.39, 0.29) is 5.91 Å². The number of benzene rings is 1. The molecule has 0 aliphatic carbocycles. The average Bonchev–Trinajstić information content (AvgIpc) is 2.63. The van der Waals surface area contributed by atoms with E-state index in [0.29, 0.717) is 37.6 Å². The fraction of sp³-hybridized carbons (Fsp3) is 0.579. The monoisotopic (exact) mass is 329 g/mol. The van der Waals surface area contributed by atoms with Crippen LogP contribution >= 0.6 is 0 Å². The number of hydrogen-bond donors (Lipinski definition) is 1. The first kappa shape index (κ1) is 18.4. The molecular weight excluding hydrogens is 302 g/mol. The number of likely N-dealkylation sites (tertiary alicyclic amines) is 1. The van der Waals surface area contributed by atoms with Crippen molar-refractivity contribution in [3.8, 4) is 6.07 Å². The molecule has 1 N–H and O–H groups in total. The fourth-order valence-corrected chi connectivity index (χ4v) is 3.11. The van der Waals surface area contributed by atoms with Crippen molar-refractivity contribution in [3.05, 3.63) is 35.4 Å². The van der Waals surface area contributed by atoms with E-state index in [0.717, 1.165) is 32.5 Å². The maximum Gasteiger partial charge on any atom is 0.253 e. The molecule has 0 unspecified atom stereocenters. The summed E-state index contributed by atoms with van der Waals surface area (Å²) in [4.78, 5) is 16.5. The van der Waals surface area contributed by atoms with Gasteiger partial charge in [0, 0.05) is 31.8 Å². The van der Waals surface area contributed by atoms with Gasteiger partial charge in [-0.25, -0.2) is 0 Å². The molecule has 0 aromatic heterocycles. The van der Waals surface area contributed by atoms with Crippen LogP contribution in [-0.4, -0.2) is 53.6 Å². The molecule has 130 valence electrons. The Bertz CT molecular complexity index is 557. The number of carbonyl (C=O) groups is 1. The maximum absolute atomic E-state index is 12.4. The lowest BCUT2D eigenvalue weighted by atomic mass is 9.97. The van der Waals surface area contributed by atoms with Crippen molar-refractivity contribution in [3.63, 3.8) is 0 Å². The number of carbonyl (C=O) groups excluding carboxylic acids is 1. The highest BCUT2D eigenvalue weighted by molar-refractivity contribution is 5.94. The van der Waals surface area contributed by atoms with E-state index in [4.69, 9.17) is 5.26 Å². The van der Waals surface area contributed by atoms with Gasteiger partial charge in [0.15, 0.2) is 0 Å². The molecule has 0 spiro atoms. The Morgan fingerprint density at radius 2 is 2.00 bits per heavy atom. The van der Waals surface area contributed by atoms with E-state index in [1.165, 1.54) is 5.56 Å². The third-order valence-electron chi connectivity index (χ3n) is 4.73. The van der Waals surface area contributed by atoms with Crippen LogP contribution in [0.3, 0.4) is 0 Å². The summed E-state index contributed by atoms with van der Waals surface area (Å²) in [7, 11) is 0. The first-order valence-corrected chi connectivity index (χ1v) is 8.76. The third-order valence-corrected chi connectivity index (χ3v) is 4.73. The molecule has 0 atom stereocenters. The number of rotatable bonds is 7. The van der Waals surface area contributed by atoms with Gasteiger partial charge in [-0.1, -0.05) is 12.1 Å². The van der Waals surface area contributed by atoms with Gasteiger partial charge in [0.25, 0.3) is 5.91 Å². The van der Waals surface area contributed by atoms with Crippen molar-refractivity contribution in [1.82, 2.24) is 9.80 Å². The van der Waals surface area contributed by atoms with Gasteiger partial charge >= 0.3 is 0 Å². The molecule has 0 bridgehead atoms. The minimum atomic E-state index is -0.0111. The van der Waals surface area contributed by atoms with Crippen LogP contribution in [0.5, 0.6) is 0 Å². The van der Waals surface area contributed by atoms with Crippen molar-refractivity contribution in [2.24, 2.45) is 5.92 Å². The van der Waals surface area contributed by atoms with Crippen LogP contribution < -0.4 is 0 Å². The highest BCUT2D eigenvalue weighted by atomic mass is 16.3. The largest absolute Gasteiger partial charge is 0.396 e. The second-order valence-electron chi connectivity index (χ2n) is 6.39. The molecule has 1 aromatic carbocycles. The van der Waals surface area contributed by atoms with Crippen LogP contribution in [0.1, 0.15) is 42.1 Å². The van der Waals surface area contributed by atoms with Gasteiger partial charge in [-0.15, -0.1) is 0 Å². The first-order valence-electron chi connectivity index (χ1n) is 8.76. The van der Waals surface area contributed by atoms with Crippen molar-refractivity contribution >= 4 is 5.91 Å². The van der Waals surface area contributed by atoms with Crippen LogP contribution in [0, 0.1) is 17.2 Å². The normalized spacial score (nSPS) is 15.9. The topological polar surface area (TPSA) is 67.6 Å². The fourth-order valence-electron chi connectivity index (χ4n) is 3.11. The van der Waals surface area contributed by atoms with Crippen LogP contribution in [-0.2, 0) is 6.54 Å². The van der Waals surface area contributed by atoms with Gasteiger partial charge in [-0.2, -0.15) is 5.26 Å². The summed E-state index contributed by atoms with van der Waals surface area (Å²) in [6.45, 7) is 6.24. The average molecular weight is 329 g/mol. The standard InChI is InChI=1S/C19H27N3O2/c1-2-22(11-3-10-20)19(24)18-6-4-16(5-7-18)14-21-12-8-17(15-23)9-13-21/h4-7,17,23H,2-3,8-9,11-15H2,1H3. The summed E-state index contributed by atoms with van der Waals surface area (Å²) < 4.78 is 0. The van der Waals surface area contributed by atoms with Gasteiger partial charge in [0.1, 0.15) is 0 Å². The summed E-state index contributed by atoms with van der Waals surface area (Å²) in [6.07, 6.45) is 2.47. The van der Waals surface area contributed by atoms with E-state index in [2.05, 4.69) is 11.0 Å². The molecule has 1 aliphatic rings. The minimum absolute atomic E-state index is 0.0111. The molecule has 0 saturated carbocycles. The zero-order valence-electron chi connectivity index (χ0n) is 14.4. The van der Waals surface area contributed by atoms with Gasteiger partial charge in [-0.3, -0.25) is 9.69 Å². The SMILES string of the molecule is CCN(CCC#N)C(=O)c1ccc(CN2CCC(CO)CC2)cc1. The quantitative estimate of drug-likeness (QED) is 0.833. The molecule has 1 amide bonds. The highest BCUT2D eigenvalue weighted by Crippen LogP contribution is 2.18. The predicted octanol–water partition coefficient (Wildman–Crippen LogP) is 2.27. The zero-order chi connectivity index (χ0) is 17.4. The predicted molar refractivity (Wildman–Crippen MR) is 93.3 cm³/mol. The number of amides is 1. The summed E-state index contributed by atoms with van der Waals surface area (Å²) in [6, 6.07) is 9.88. The maximum atomic E-state index is 12.4. The molecule has 1 aliphatic heterocycles.